The first-order chi connectivity index (χ1) is 8.10. The number of carboxylic acid groups (broad SMARTS) is 1. The van der Waals surface area contributed by atoms with Gasteiger partial charge in [-0.25, -0.2) is 9.59 Å². The van der Waals surface area contributed by atoms with Gasteiger partial charge in [-0.3, -0.25) is 0 Å². The molecule has 5 nitrogen and oxygen atoms in total. The van der Waals surface area contributed by atoms with Crippen molar-refractivity contribution in [2.75, 3.05) is 12.9 Å². The number of hydrogen-bond donors (Lipinski definition) is 1. The van der Waals surface area contributed by atoms with Crippen LogP contribution in [0.2, 0.25) is 0 Å². The molecule has 1 aromatic carbocycles. The number of carbonyl (C=O) groups is 2. The largest absolute Gasteiger partial charge is 0.478 e. The van der Waals surface area contributed by atoms with E-state index in [-0.39, 0.29) is 11.1 Å². The molecule has 0 amide bonds. The van der Waals surface area contributed by atoms with Crippen LogP contribution in [0.5, 0.6) is 5.75 Å². The lowest BCUT2D eigenvalue weighted by Crippen LogP contribution is -2.10. The number of carbonyl (C=O) groups excluding carboxylic acids is 1. The van der Waals surface area contributed by atoms with Crippen LogP contribution in [0.4, 0.5) is 0 Å². The smallest absolute Gasteiger partial charge is 0.338 e. The summed E-state index contributed by atoms with van der Waals surface area (Å²) in [6, 6.07) is 4.18. The second-order valence-electron chi connectivity index (χ2n) is 2.99. The normalized spacial score (nSPS) is 9.76. The van der Waals surface area contributed by atoms with E-state index in [2.05, 4.69) is 4.74 Å². The molecule has 0 unspecified atom stereocenters. The van der Waals surface area contributed by atoms with Gasteiger partial charge in [-0.05, 0) is 18.2 Å². The first kappa shape index (κ1) is 13.4. The van der Waals surface area contributed by atoms with E-state index in [1.54, 1.807) is 0 Å². The highest BCUT2D eigenvalue weighted by atomic mass is 32.2. The molecule has 6 heteroatoms. The molecule has 0 saturated carbocycles. The van der Waals surface area contributed by atoms with Crippen LogP contribution in [0, 0.1) is 0 Å². The Morgan fingerprint density at radius 2 is 2.06 bits per heavy atom. The Kier molecular flexibility index (Phi) is 4.84. The fourth-order valence-electron chi connectivity index (χ4n) is 1.17. The molecule has 1 N–H and O–H groups in total. The van der Waals surface area contributed by atoms with Gasteiger partial charge in [0.25, 0.3) is 0 Å². The van der Waals surface area contributed by atoms with Gasteiger partial charge in [0.15, 0.2) is 0 Å². The number of esters is 1. The Hall–Kier alpha value is -1.69. The van der Waals surface area contributed by atoms with E-state index in [0.29, 0.717) is 5.75 Å². The van der Waals surface area contributed by atoms with Gasteiger partial charge in [0, 0.05) is 5.75 Å². The minimum absolute atomic E-state index is 0.0193. The summed E-state index contributed by atoms with van der Waals surface area (Å²) in [6.07, 6.45) is 0. The summed E-state index contributed by atoms with van der Waals surface area (Å²) < 4.78 is 9.76. The number of benzene rings is 1. The molecule has 0 saturated heterocycles. The Morgan fingerprint density at radius 1 is 1.35 bits per heavy atom. The van der Waals surface area contributed by atoms with Crippen LogP contribution in [0.3, 0.4) is 0 Å². The van der Waals surface area contributed by atoms with Crippen molar-refractivity contribution in [2.45, 2.75) is 6.92 Å². The van der Waals surface area contributed by atoms with Crippen molar-refractivity contribution in [3.8, 4) is 5.75 Å². The average Bonchev–Trinajstić information content (AvgIpc) is 2.34. The lowest BCUT2D eigenvalue weighted by atomic mass is 10.1. The predicted octanol–water partition coefficient (Wildman–Crippen LogP) is 2.22. The maximum atomic E-state index is 11.4. The highest BCUT2D eigenvalue weighted by molar-refractivity contribution is 7.94. The topological polar surface area (TPSA) is 72.8 Å². The highest BCUT2D eigenvalue weighted by Crippen LogP contribution is 2.22. The molecule has 0 spiro atoms. The maximum absolute atomic E-state index is 11.4. The summed E-state index contributed by atoms with van der Waals surface area (Å²) in [5.41, 5.74) is -0.125. The minimum atomic E-state index is -1.18. The van der Waals surface area contributed by atoms with Gasteiger partial charge in [0.2, 0.25) is 0 Å². The second kappa shape index (κ2) is 6.15. The summed E-state index contributed by atoms with van der Waals surface area (Å²) in [7, 11) is 1.20. The number of carboxylic acids is 1. The van der Waals surface area contributed by atoms with Crippen LogP contribution in [-0.4, -0.2) is 29.9 Å². The van der Waals surface area contributed by atoms with E-state index in [4.69, 9.17) is 9.29 Å². The number of ether oxygens (including phenoxy) is 1. The van der Waals surface area contributed by atoms with Crippen molar-refractivity contribution >= 4 is 24.0 Å². The highest BCUT2D eigenvalue weighted by Gasteiger charge is 2.18. The van der Waals surface area contributed by atoms with Crippen LogP contribution >= 0.6 is 12.0 Å². The van der Waals surface area contributed by atoms with Gasteiger partial charge in [-0.2, -0.15) is 0 Å². The van der Waals surface area contributed by atoms with Crippen LogP contribution < -0.4 is 4.18 Å². The average molecular weight is 256 g/mol. The number of methoxy groups -OCH3 is 1. The monoisotopic (exact) mass is 256 g/mol. The summed E-state index contributed by atoms with van der Waals surface area (Å²) in [4.78, 5) is 22.3. The van der Waals surface area contributed by atoms with E-state index in [0.717, 1.165) is 5.75 Å². The van der Waals surface area contributed by atoms with Crippen molar-refractivity contribution in [2.24, 2.45) is 0 Å². The van der Waals surface area contributed by atoms with Gasteiger partial charge in [0.05, 0.1) is 30.3 Å². The molecule has 1 rings (SSSR count). The third-order valence-electron chi connectivity index (χ3n) is 1.90. The fourth-order valence-corrected chi connectivity index (χ4v) is 1.53. The lowest BCUT2D eigenvalue weighted by molar-refractivity contribution is 0.0582. The number of hydrogen-bond acceptors (Lipinski definition) is 5. The zero-order chi connectivity index (χ0) is 12.8. The standard InChI is InChI=1S/C11H12O5S/c1-3-17-16-7-4-5-8(10(12)13)9(6-7)11(14)15-2/h4-6H,3H2,1-2H3,(H,12,13). The molecule has 17 heavy (non-hydrogen) atoms. The van der Waals surface area contributed by atoms with E-state index >= 15 is 0 Å². The van der Waals surface area contributed by atoms with Gasteiger partial charge in [-0.1, -0.05) is 6.92 Å². The van der Waals surface area contributed by atoms with Crippen molar-refractivity contribution in [3.05, 3.63) is 29.3 Å². The summed E-state index contributed by atoms with van der Waals surface area (Å²) >= 11 is 1.20. The van der Waals surface area contributed by atoms with Gasteiger partial charge >= 0.3 is 11.9 Å². The van der Waals surface area contributed by atoms with Crippen LogP contribution in [0.1, 0.15) is 27.6 Å². The van der Waals surface area contributed by atoms with Crippen molar-refractivity contribution < 1.29 is 23.6 Å². The molecule has 0 heterocycles. The Labute approximate surface area is 103 Å². The number of aromatic carboxylic acids is 1. The Bertz CT molecular complexity index is 430. The third kappa shape index (κ3) is 3.39. The van der Waals surface area contributed by atoms with Gasteiger partial charge < -0.3 is 14.0 Å². The number of rotatable bonds is 5. The summed E-state index contributed by atoms with van der Waals surface area (Å²) in [6.45, 7) is 1.91. The summed E-state index contributed by atoms with van der Waals surface area (Å²) in [5, 5.41) is 8.92. The molecule has 0 aliphatic rings. The third-order valence-corrected chi connectivity index (χ3v) is 2.45. The predicted molar refractivity (Wildman–Crippen MR) is 63.5 cm³/mol. The SMILES string of the molecule is CCSOc1ccc(C(=O)O)c(C(=O)OC)c1. The molecule has 0 fully saturated rings. The minimum Gasteiger partial charge on any atom is -0.478 e. The van der Waals surface area contributed by atoms with Gasteiger partial charge in [0.1, 0.15) is 5.75 Å². The van der Waals surface area contributed by atoms with Crippen molar-refractivity contribution in [1.82, 2.24) is 0 Å². The molecule has 0 bridgehead atoms. The molecule has 1 aromatic rings. The molecule has 0 atom stereocenters. The Balaban J connectivity index is 3.10. The van der Waals surface area contributed by atoms with Crippen molar-refractivity contribution in [1.29, 1.82) is 0 Å². The zero-order valence-electron chi connectivity index (χ0n) is 9.43. The summed E-state index contributed by atoms with van der Waals surface area (Å²) in [5.74, 6) is -0.717. The van der Waals surface area contributed by atoms with E-state index in [1.807, 2.05) is 6.92 Å². The Morgan fingerprint density at radius 3 is 2.59 bits per heavy atom. The van der Waals surface area contributed by atoms with Crippen LogP contribution in [-0.2, 0) is 4.74 Å². The fraction of sp³-hybridized carbons (Fsp3) is 0.273. The first-order valence-corrected chi connectivity index (χ1v) is 5.76. The molecule has 0 radical (unpaired) electrons. The van der Waals surface area contributed by atoms with E-state index in [1.165, 1.54) is 37.4 Å². The molecule has 92 valence electrons. The molecular weight excluding hydrogens is 244 g/mol. The van der Waals surface area contributed by atoms with Gasteiger partial charge in [-0.15, -0.1) is 0 Å². The van der Waals surface area contributed by atoms with Crippen molar-refractivity contribution in [3.63, 3.8) is 0 Å². The zero-order valence-corrected chi connectivity index (χ0v) is 10.2. The quantitative estimate of drug-likeness (QED) is 0.643. The molecule has 0 aliphatic carbocycles. The molecular formula is C11H12O5S. The molecule has 0 aliphatic heterocycles. The van der Waals surface area contributed by atoms with E-state index < -0.39 is 11.9 Å². The maximum Gasteiger partial charge on any atom is 0.338 e. The van der Waals surface area contributed by atoms with Crippen LogP contribution in [0.25, 0.3) is 0 Å². The second-order valence-corrected chi connectivity index (χ2v) is 3.97. The molecule has 0 aromatic heterocycles. The van der Waals surface area contributed by atoms with Crippen LogP contribution in [0.15, 0.2) is 18.2 Å². The first-order valence-electron chi connectivity index (χ1n) is 4.85. The lowest BCUT2D eigenvalue weighted by Gasteiger charge is -2.07. The van der Waals surface area contributed by atoms with E-state index in [9.17, 15) is 9.59 Å².